The summed E-state index contributed by atoms with van der Waals surface area (Å²) in [6.45, 7) is 4.59. The van der Waals surface area contributed by atoms with Crippen LogP contribution in [-0.2, 0) is 0 Å². The van der Waals surface area contributed by atoms with Crippen molar-refractivity contribution in [1.82, 2.24) is 9.80 Å². The molecule has 20 heavy (non-hydrogen) atoms. The minimum Gasteiger partial charge on any atom is -0.454 e. The number of likely N-dealkylation sites (N-methyl/N-ethyl adjacent to an activating group) is 1. The third kappa shape index (κ3) is 2.16. The third-order valence-electron chi connectivity index (χ3n) is 4.02. The quantitative estimate of drug-likeness (QED) is 0.768. The molecule has 2 heterocycles. The highest BCUT2D eigenvalue weighted by atomic mass is 16.7. The number of fused-ring (bicyclic) bond motifs is 1. The fraction of sp³-hybridized carbons (Fsp3) is 0.500. The molecular formula is C14H19N3O3. The summed E-state index contributed by atoms with van der Waals surface area (Å²) in [5.41, 5.74) is 6.90. The van der Waals surface area contributed by atoms with Crippen LogP contribution in [0.25, 0.3) is 0 Å². The van der Waals surface area contributed by atoms with E-state index in [9.17, 15) is 4.79 Å². The number of nitrogen functional groups attached to an aromatic ring is 1. The van der Waals surface area contributed by atoms with E-state index >= 15 is 0 Å². The number of nitrogens with zero attached hydrogens (tertiary/aromatic N) is 2. The second kappa shape index (κ2) is 4.86. The van der Waals surface area contributed by atoms with E-state index in [0.29, 0.717) is 41.9 Å². The van der Waals surface area contributed by atoms with Crippen LogP contribution in [0.15, 0.2) is 12.1 Å². The molecule has 1 amide bonds. The molecule has 0 aromatic heterocycles. The lowest BCUT2D eigenvalue weighted by Crippen LogP contribution is -2.52. The van der Waals surface area contributed by atoms with Crippen LogP contribution in [0, 0.1) is 0 Å². The second-order valence-electron chi connectivity index (χ2n) is 5.37. The molecule has 6 heteroatoms. The van der Waals surface area contributed by atoms with Gasteiger partial charge in [-0.25, -0.2) is 0 Å². The van der Waals surface area contributed by atoms with Gasteiger partial charge in [-0.05, 0) is 20.0 Å². The molecule has 2 aliphatic rings. The molecule has 1 aromatic carbocycles. The second-order valence-corrected chi connectivity index (χ2v) is 5.37. The number of anilines is 1. The van der Waals surface area contributed by atoms with E-state index in [1.807, 2.05) is 4.90 Å². The van der Waals surface area contributed by atoms with Gasteiger partial charge in [-0.2, -0.15) is 0 Å². The molecule has 0 saturated carbocycles. The van der Waals surface area contributed by atoms with Crippen LogP contribution in [0.5, 0.6) is 11.5 Å². The van der Waals surface area contributed by atoms with Gasteiger partial charge in [0.1, 0.15) is 0 Å². The van der Waals surface area contributed by atoms with Crippen molar-refractivity contribution in [1.29, 1.82) is 0 Å². The smallest absolute Gasteiger partial charge is 0.256 e. The van der Waals surface area contributed by atoms with E-state index in [0.717, 1.165) is 6.54 Å². The van der Waals surface area contributed by atoms with E-state index < -0.39 is 0 Å². The maximum Gasteiger partial charge on any atom is 0.256 e. The molecule has 6 nitrogen and oxygen atoms in total. The standard InChI is InChI=1S/C14H19N3O3/c1-9-7-17(4-3-16(9)2)14(18)10-5-12-13(6-11(10)15)20-8-19-12/h5-6,9H,3-4,7-8,15H2,1-2H3. The number of carbonyl (C=O) groups is 1. The van der Waals surface area contributed by atoms with Crippen LogP contribution in [0.4, 0.5) is 5.69 Å². The van der Waals surface area contributed by atoms with Crippen LogP contribution in [0.2, 0.25) is 0 Å². The maximum atomic E-state index is 12.6. The fourth-order valence-electron chi connectivity index (χ4n) is 2.55. The van der Waals surface area contributed by atoms with Gasteiger partial charge in [-0.15, -0.1) is 0 Å². The largest absolute Gasteiger partial charge is 0.454 e. The summed E-state index contributed by atoms with van der Waals surface area (Å²) in [5, 5.41) is 0. The number of hydrogen-bond donors (Lipinski definition) is 1. The summed E-state index contributed by atoms with van der Waals surface area (Å²) in [6, 6.07) is 3.70. The Kier molecular flexibility index (Phi) is 3.17. The Balaban J connectivity index is 1.84. The van der Waals surface area contributed by atoms with Crippen LogP contribution in [-0.4, -0.2) is 55.2 Å². The first kappa shape index (κ1) is 13.1. The van der Waals surface area contributed by atoms with Crippen molar-refractivity contribution in [2.24, 2.45) is 0 Å². The summed E-state index contributed by atoms with van der Waals surface area (Å²) >= 11 is 0. The predicted molar refractivity (Wildman–Crippen MR) is 75.0 cm³/mol. The van der Waals surface area contributed by atoms with Crippen LogP contribution >= 0.6 is 0 Å². The van der Waals surface area contributed by atoms with E-state index in [1.165, 1.54) is 0 Å². The average molecular weight is 277 g/mol. The van der Waals surface area contributed by atoms with E-state index in [4.69, 9.17) is 15.2 Å². The number of nitrogens with two attached hydrogens (primary N) is 1. The van der Waals surface area contributed by atoms with Gasteiger partial charge in [-0.1, -0.05) is 0 Å². The lowest BCUT2D eigenvalue weighted by molar-refractivity contribution is 0.0573. The van der Waals surface area contributed by atoms with Crippen LogP contribution < -0.4 is 15.2 Å². The van der Waals surface area contributed by atoms with E-state index in [2.05, 4.69) is 18.9 Å². The molecule has 0 aliphatic carbocycles. The predicted octanol–water partition coefficient (Wildman–Crippen LogP) is 0.774. The van der Waals surface area contributed by atoms with Crippen molar-refractivity contribution in [3.05, 3.63) is 17.7 Å². The molecule has 2 N–H and O–H groups in total. The van der Waals surface area contributed by atoms with Crippen LogP contribution in [0.1, 0.15) is 17.3 Å². The monoisotopic (exact) mass is 277 g/mol. The Hall–Kier alpha value is -1.95. The highest BCUT2D eigenvalue weighted by molar-refractivity contribution is 6.00. The molecule has 1 aromatic rings. The highest BCUT2D eigenvalue weighted by Gasteiger charge is 2.27. The van der Waals surface area contributed by atoms with Crippen molar-refractivity contribution < 1.29 is 14.3 Å². The van der Waals surface area contributed by atoms with Gasteiger partial charge < -0.3 is 25.0 Å². The molecule has 0 radical (unpaired) electrons. The van der Waals surface area contributed by atoms with Crippen molar-refractivity contribution in [3.63, 3.8) is 0 Å². The van der Waals surface area contributed by atoms with Crippen molar-refractivity contribution in [2.75, 3.05) is 39.2 Å². The highest BCUT2D eigenvalue weighted by Crippen LogP contribution is 2.36. The number of ether oxygens (including phenoxy) is 2. The summed E-state index contributed by atoms with van der Waals surface area (Å²) in [5.74, 6) is 1.15. The minimum atomic E-state index is -0.0410. The molecule has 1 saturated heterocycles. The number of carbonyl (C=O) groups excluding carboxylic acids is 1. The molecule has 3 rings (SSSR count). The Labute approximate surface area is 118 Å². The van der Waals surface area contributed by atoms with Gasteiger partial charge in [0.05, 0.1) is 5.56 Å². The topological polar surface area (TPSA) is 68.0 Å². The molecule has 1 atom stereocenters. The first-order valence-corrected chi connectivity index (χ1v) is 6.75. The summed E-state index contributed by atoms with van der Waals surface area (Å²) in [4.78, 5) is 16.7. The molecule has 0 bridgehead atoms. The minimum absolute atomic E-state index is 0.0410. The number of benzene rings is 1. The number of hydrogen-bond acceptors (Lipinski definition) is 5. The summed E-state index contributed by atoms with van der Waals surface area (Å²) in [7, 11) is 2.07. The van der Waals surface area contributed by atoms with Gasteiger partial charge >= 0.3 is 0 Å². The first-order chi connectivity index (χ1) is 9.56. The van der Waals surface area contributed by atoms with Crippen molar-refractivity contribution in [3.8, 4) is 11.5 Å². The number of rotatable bonds is 1. The van der Waals surface area contributed by atoms with Crippen molar-refractivity contribution >= 4 is 11.6 Å². The number of piperazine rings is 1. The molecule has 0 spiro atoms. The Morgan fingerprint density at radius 2 is 2.00 bits per heavy atom. The zero-order valence-corrected chi connectivity index (χ0v) is 11.8. The van der Waals surface area contributed by atoms with Crippen molar-refractivity contribution in [2.45, 2.75) is 13.0 Å². The van der Waals surface area contributed by atoms with Gasteiger partial charge in [0.2, 0.25) is 6.79 Å². The molecule has 2 aliphatic heterocycles. The Morgan fingerprint density at radius 3 is 2.70 bits per heavy atom. The lowest BCUT2D eigenvalue weighted by Gasteiger charge is -2.37. The van der Waals surface area contributed by atoms with E-state index in [1.54, 1.807) is 12.1 Å². The zero-order valence-electron chi connectivity index (χ0n) is 11.8. The van der Waals surface area contributed by atoms with Gasteiger partial charge in [-0.3, -0.25) is 4.79 Å². The number of amides is 1. The van der Waals surface area contributed by atoms with Gasteiger partial charge in [0.15, 0.2) is 11.5 Å². The molecule has 1 unspecified atom stereocenters. The van der Waals surface area contributed by atoms with Gasteiger partial charge in [0.25, 0.3) is 5.91 Å². The van der Waals surface area contributed by atoms with Gasteiger partial charge in [0, 0.05) is 37.4 Å². The maximum absolute atomic E-state index is 12.6. The third-order valence-corrected chi connectivity index (χ3v) is 4.02. The SMILES string of the molecule is CC1CN(C(=O)c2cc3c(cc2N)OCO3)CCN1C. The summed E-state index contributed by atoms with van der Waals surface area (Å²) in [6.07, 6.45) is 0. The average Bonchev–Trinajstić information content (AvgIpc) is 2.87. The van der Waals surface area contributed by atoms with E-state index in [-0.39, 0.29) is 12.7 Å². The molecule has 1 fully saturated rings. The molecule has 108 valence electrons. The zero-order chi connectivity index (χ0) is 14.3. The summed E-state index contributed by atoms with van der Waals surface area (Å²) < 4.78 is 10.6. The Morgan fingerprint density at radius 1 is 1.30 bits per heavy atom. The fourth-order valence-corrected chi connectivity index (χ4v) is 2.55. The lowest BCUT2D eigenvalue weighted by atomic mass is 10.1. The Bertz CT molecular complexity index is 547. The first-order valence-electron chi connectivity index (χ1n) is 6.75. The normalized spacial score (nSPS) is 22.1. The van der Waals surface area contributed by atoms with Crippen LogP contribution in [0.3, 0.4) is 0 Å². The molecular weight excluding hydrogens is 258 g/mol.